The number of nitro benzene ring substituents is 1. The number of hydrogen-bond donors (Lipinski definition) is 0. The van der Waals surface area contributed by atoms with Gasteiger partial charge in [-0.2, -0.15) is 10.2 Å². The molecule has 0 heterocycles. The predicted molar refractivity (Wildman–Crippen MR) is 136 cm³/mol. The molecule has 0 fully saturated rings. The molecule has 0 aliphatic heterocycles. The van der Waals surface area contributed by atoms with Gasteiger partial charge in [-0.15, -0.1) is 0 Å². The minimum Gasteiger partial charge on any atom is -0.374 e. The van der Waals surface area contributed by atoms with Gasteiger partial charge in [0.1, 0.15) is 0 Å². The van der Waals surface area contributed by atoms with Crippen molar-refractivity contribution in [1.82, 2.24) is 0 Å². The van der Waals surface area contributed by atoms with E-state index in [-0.39, 0.29) is 5.69 Å². The summed E-state index contributed by atoms with van der Waals surface area (Å²) in [5.74, 6) is 0. The van der Waals surface area contributed by atoms with Crippen LogP contribution >= 0.6 is 0 Å². The molecule has 0 aromatic heterocycles. The zero-order valence-corrected chi connectivity index (χ0v) is 21.6. The Bertz CT molecular complexity index is 876. The van der Waals surface area contributed by atoms with Crippen LogP contribution in [0, 0.1) is 10.1 Å². The second-order valence-electron chi connectivity index (χ2n) is 7.51. The second-order valence-corrected chi connectivity index (χ2v) is 10.2. The van der Waals surface area contributed by atoms with Crippen LogP contribution in [0.4, 0.5) is 22.7 Å². The van der Waals surface area contributed by atoms with E-state index in [0.29, 0.717) is 25.5 Å². The van der Waals surface area contributed by atoms with Crippen LogP contribution in [0.25, 0.3) is 0 Å². The van der Waals surface area contributed by atoms with E-state index in [1.807, 2.05) is 45.0 Å². The molecule has 0 amide bonds. The number of hydrogen-bond acceptors (Lipinski definition) is 8. The van der Waals surface area contributed by atoms with Gasteiger partial charge in [-0.25, -0.2) is 0 Å². The molecule has 0 saturated carbocycles. The maximum Gasteiger partial charge on any atom is 0.500 e. The molecule has 0 spiro atoms. The molecular formula is C24H36N4O5Si. The maximum absolute atomic E-state index is 10.7. The fourth-order valence-electron chi connectivity index (χ4n) is 3.60. The first-order valence-electron chi connectivity index (χ1n) is 11.9. The maximum atomic E-state index is 10.7. The standard InChI is InChI=1S/C24H36N4O5Si/c1-5-27(19-9-10-20-34(31-6-2,32-7-3)33-8-4)23-15-11-21(12-16-23)25-26-22-13-17-24(18-14-22)28(29)30/h11-18H,5-10,19-20H2,1-4H3. The average molecular weight is 489 g/mol. The number of non-ortho nitro benzene ring substituents is 1. The fraction of sp³-hybridized carbons (Fsp3) is 0.500. The van der Waals surface area contributed by atoms with Gasteiger partial charge in [-0.3, -0.25) is 10.1 Å². The molecule has 0 saturated heterocycles. The quantitative estimate of drug-likeness (QED) is 0.0860. The minimum atomic E-state index is -2.59. The molecule has 9 nitrogen and oxygen atoms in total. The zero-order valence-electron chi connectivity index (χ0n) is 20.6. The van der Waals surface area contributed by atoms with E-state index < -0.39 is 13.7 Å². The third kappa shape index (κ3) is 8.60. The Morgan fingerprint density at radius 1 is 0.824 bits per heavy atom. The van der Waals surface area contributed by atoms with Crippen molar-refractivity contribution < 1.29 is 18.2 Å². The first-order chi connectivity index (χ1) is 16.5. The van der Waals surface area contributed by atoms with Crippen molar-refractivity contribution in [3.63, 3.8) is 0 Å². The van der Waals surface area contributed by atoms with E-state index in [0.717, 1.165) is 43.4 Å². The van der Waals surface area contributed by atoms with Crippen LogP contribution in [-0.4, -0.2) is 46.6 Å². The van der Waals surface area contributed by atoms with Gasteiger partial charge in [0.2, 0.25) is 0 Å². The van der Waals surface area contributed by atoms with E-state index in [2.05, 4.69) is 22.1 Å². The topological polar surface area (TPSA) is 98.8 Å². The number of nitrogens with zero attached hydrogens (tertiary/aromatic N) is 4. The van der Waals surface area contributed by atoms with Crippen molar-refractivity contribution in [2.75, 3.05) is 37.8 Å². The van der Waals surface area contributed by atoms with Crippen LogP contribution in [-0.2, 0) is 13.3 Å². The number of nitro groups is 1. The number of benzene rings is 2. The molecule has 186 valence electrons. The summed E-state index contributed by atoms with van der Waals surface area (Å²) < 4.78 is 17.8. The molecule has 0 atom stereocenters. The molecule has 2 rings (SSSR count). The van der Waals surface area contributed by atoms with Gasteiger partial charge < -0.3 is 18.2 Å². The molecule has 34 heavy (non-hydrogen) atoms. The molecule has 0 aliphatic rings. The Labute approximate surface area is 203 Å². The molecule has 0 unspecified atom stereocenters. The molecule has 2 aromatic carbocycles. The Morgan fingerprint density at radius 3 is 1.76 bits per heavy atom. The van der Waals surface area contributed by atoms with Crippen LogP contribution in [0.3, 0.4) is 0 Å². The Hall–Kier alpha value is -2.66. The van der Waals surface area contributed by atoms with Gasteiger partial charge in [-0.1, -0.05) is 0 Å². The van der Waals surface area contributed by atoms with Gasteiger partial charge in [-0.05, 0) is 76.9 Å². The van der Waals surface area contributed by atoms with Gasteiger partial charge >= 0.3 is 8.80 Å². The predicted octanol–water partition coefficient (Wildman–Crippen LogP) is 6.67. The summed E-state index contributed by atoms with van der Waals surface area (Å²) in [5, 5.41) is 19.1. The van der Waals surface area contributed by atoms with Gasteiger partial charge in [0.15, 0.2) is 0 Å². The molecule has 0 bridgehead atoms. The van der Waals surface area contributed by atoms with Crippen LogP contribution < -0.4 is 4.90 Å². The van der Waals surface area contributed by atoms with E-state index in [1.54, 1.807) is 12.1 Å². The first-order valence-corrected chi connectivity index (χ1v) is 13.8. The van der Waals surface area contributed by atoms with E-state index in [9.17, 15) is 10.1 Å². The summed E-state index contributed by atoms with van der Waals surface area (Å²) in [7, 11) is -2.59. The van der Waals surface area contributed by atoms with Gasteiger partial charge in [0.05, 0.1) is 16.3 Å². The highest BCUT2D eigenvalue weighted by molar-refractivity contribution is 6.60. The molecule has 0 aliphatic carbocycles. The lowest BCUT2D eigenvalue weighted by Crippen LogP contribution is -2.46. The van der Waals surface area contributed by atoms with Crippen molar-refractivity contribution in [2.45, 2.75) is 46.6 Å². The van der Waals surface area contributed by atoms with Gasteiger partial charge in [0.25, 0.3) is 5.69 Å². The van der Waals surface area contributed by atoms with E-state index >= 15 is 0 Å². The van der Waals surface area contributed by atoms with E-state index in [1.165, 1.54) is 12.1 Å². The lowest BCUT2D eigenvalue weighted by Gasteiger charge is -2.29. The summed E-state index contributed by atoms with van der Waals surface area (Å²) in [6, 6.07) is 14.7. The Kier molecular flexibility index (Phi) is 11.8. The van der Waals surface area contributed by atoms with Crippen molar-refractivity contribution in [3.05, 3.63) is 58.6 Å². The van der Waals surface area contributed by atoms with Gasteiger partial charge in [0, 0.05) is 56.8 Å². The summed E-state index contributed by atoms with van der Waals surface area (Å²) in [6.45, 7) is 11.7. The fourth-order valence-corrected chi connectivity index (χ4v) is 6.29. The van der Waals surface area contributed by atoms with Crippen molar-refractivity contribution in [2.24, 2.45) is 10.2 Å². The Balaban J connectivity index is 1.91. The molecule has 2 aromatic rings. The number of rotatable bonds is 16. The third-order valence-electron chi connectivity index (χ3n) is 5.19. The third-order valence-corrected chi connectivity index (χ3v) is 8.34. The van der Waals surface area contributed by atoms with Crippen LogP contribution in [0.15, 0.2) is 58.8 Å². The summed E-state index contributed by atoms with van der Waals surface area (Å²) in [6.07, 6.45) is 1.99. The SMILES string of the molecule is CCO[Si](CCCCN(CC)c1ccc(N=Nc2ccc([N+](=O)[O-])cc2)cc1)(OCC)OCC. The minimum absolute atomic E-state index is 0.0321. The van der Waals surface area contributed by atoms with Crippen molar-refractivity contribution >= 4 is 31.6 Å². The lowest BCUT2D eigenvalue weighted by atomic mass is 10.2. The van der Waals surface area contributed by atoms with Crippen LogP contribution in [0.1, 0.15) is 40.5 Å². The molecular weight excluding hydrogens is 452 g/mol. The van der Waals surface area contributed by atoms with Crippen molar-refractivity contribution in [3.8, 4) is 0 Å². The lowest BCUT2D eigenvalue weighted by molar-refractivity contribution is -0.384. The smallest absolute Gasteiger partial charge is 0.374 e. The normalized spacial score (nSPS) is 11.8. The highest BCUT2D eigenvalue weighted by atomic mass is 28.4. The van der Waals surface area contributed by atoms with Crippen LogP contribution in [0.5, 0.6) is 0 Å². The second kappa shape index (κ2) is 14.6. The summed E-state index contributed by atoms with van der Waals surface area (Å²) >= 11 is 0. The highest BCUT2D eigenvalue weighted by Gasteiger charge is 2.39. The number of azo groups is 1. The molecule has 0 N–H and O–H groups in total. The van der Waals surface area contributed by atoms with Crippen LogP contribution in [0.2, 0.25) is 6.04 Å². The zero-order chi connectivity index (χ0) is 24.8. The largest absolute Gasteiger partial charge is 0.500 e. The molecule has 0 radical (unpaired) electrons. The van der Waals surface area contributed by atoms with E-state index in [4.69, 9.17) is 13.3 Å². The van der Waals surface area contributed by atoms with Crippen molar-refractivity contribution in [1.29, 1.82) is 0 Å². The number of anilines is 1. The molecule has 10 heteroatoms. The average Bonchev–Trinajstić information content (AvgIpc) is 2.84. The first kappa shape index (κ1) is 27.6. The monoisotopic (exact) mass is 488 g/mol. The summed E-state index contributed by atoms with van der Waals surface area (Å²) in [4.78, 5) is 12.6. The highest BCUT2D eigenvalue weighted by Crippen LogP contribution is 2.25. The Morgan fingerprint density at radius 2 is 1.32 bits per heavy atom. The summed E-state index contributed by atoms with van der Waals surface area (Å²) in [5.41, 5.74) is 2.44. The number of unbranched alkanes of at least 4 members (excludes halogenated alkanes) is 1.